The van der Waals surface area contributed by atoms with Crippen LogP contribution in [-0.4, -0.2) is 46.8 Å². The Morgan fingerprint density at radius 3 is 2.76 bits per heavy atom. The number of hydrogen-bond acceptors (Lipinski definition) is 4. The third-order valence-corrected chi connectivity index (χ3v) is 4.50. The summed E-state index contributed by atoms with van der Waals surface area (Å²) in [6.45, 7) is 4.26. The average Bonchev–Trinajstić information content (AvgIpc) is 2.58. The molecule has 0 spiro atoms. The lowest BCUT2D eigenvalue weighted by molar-refractivity contribution is 0.0841. The van der Waals surface area contributed by atoms with Gasteiger partial charge in [0, 0.05) is 31.7 Å². The van der Waals surface area contributed by atoms with Gasteiger partial charge in [0.15, 0.2) is 0 Å². The van der Waals surface area contributed by atoms with E-state index in [1.54, 1.807) is 12.1 Å². The number of aliphatic hydroxyl groups excluding tert-OH is 1. The summed E-state index contributed by atoms with van der Waals surface area (Å²) in [5, 5.41) is 22.6. The Labute approximate surface area is 147 Å². The van der Waals surface area contributed by atoms with Crippen LogP contribution in [0.4, 0.5) is 0 Å². The van der Waals surface area contributed by atoms with Crippen LogP contribution >= 0.6 is 0 Å². The second kappa shape index (κ2) is 7.68. The summed E-state index contributed by atoms with van der Waals surface area (Å²) in [6, 6.07) is 13.1. The van der Waals surface area contributed by atoms with Crippen LogP contribution in [0.1, 0.15) is 27.0 Å². The predicted molar refractivity (Wildman–Crippen MR) is 96.6 cm³/mol. The number of nitrogens with one attached hydrogen (secondary N) is 1. The number of aliphatic hydroxyl groups is 1. The number of carbonyl (C=O) groups is 1. The third kappa shape index (κ3) is 4.59. The first-order valence-electron chi connectivity index (χ1n) is 8.57. The lowest BCUT2D eigenvalue weighted by atomic mass is 10.00. The zero-order valence-corrected chi connectivity index (χ0v) is 14.4. The summed E-state index contributed by atoms with van der Waals surface area (Å²) in [5.74, 6) is -0.222. The molecule has 1 aliphatic rings. The SMILES string of the molecule is Cc1cc(O)cc(C(=O)NC[C@@H](O)CN2CCc3ccccc3C2)c1. The molecule has 0 unspecified atom stereocenters. The number of rotatable bonds is 5. The fourth-order valence-corrected chi connectivity index (χ4v) is 3.28. The van der Waals surface area contributed by atoms with Crippen LogP contribution in [0.2, 0.25) is 0 Å². The molecule has 2 aromatic carbocycles. The molecule has 0 aliphatic carbocycles. The lowest BCUT2D eigenvalue weighted by Gasteiger charge is -2.30. The Bertz CT molecular complexity index is 740. The highest BCUT2D eigenvalue weighted by molar-refractivity contribution is 5.94. The Kier molecular flexibility index (Phi) is 5.36. The van der Waals surface area contributed by atoms with Crippen molar-refractivity contribution in [3.8, 4) is 5.75 Å². The van der Waals surface area contributed by atoms with E-state index >= 15 is 0 Å². The number of nitrogens with zero attached hydrogens (tertiary/aromatic N) is 1. The molecule has 1 atom stereocenters. The Morgan fingerprint density at radius 2 is 2.00 bits per heavy atom. The standard InChI is InChI=1S/C20H24N2O3/c1-14-8-17(10-18(23)9-14)20(25)21-11-19(24)13-22-7-6-15-4-2-3-5-16(15)12-22/h2-5,8-10,19,23-24H,6-7,11-13H2,1H3,(H,21,25)/t19-/m1/s1. The molecule has 0 fully saturated rings. The van der Waals surface area contributed by atoms with Crippen molar-refractivity contribution < 1.29 is 15.0 Å². The first-order valence-corrected chi connectivity index (χ1v) is 8.57. The molecule has 0 saturated carbocycles. The minimum Gasteiger partial charge on any atom is -0.508 e. The van der Waals surface area contributed by atoms with Gasteiger partial charge in [-0.15, -0.1) is 0 Å². The predicted octanol–water partition coefficient (Wildman–Crippen LogP) is 1.85. The Morgan fingerprint density at radius 1 is 1.24 bits per heavy atom. The summed E-state index contributed by atoms with van der Waals surface area (Å²) in [5.41, 5.74) is 3.90. The highest BCUT2D eigenvalue weighted by atomic mass is 16.3. The van der Waals surface area contributed by atoms with E-state index in [4.69, 9.17) is 0 Å². The van der Waals surface area contributed by atoms with Crippen molar-refractivity contribution in [3.63, 3.8) is 0 Å². The Hall–Kier alpha value is -2.37. The van der Waals surface area contributed by atoms with E-state index in [0.29, 0.717) is 12.1 Å². The Balaban J connectivity index is 1.50. The van der Waals surface area contributed by atoms with Crippen LogP contribution in [0.5, 0.6) is 5.75 Å². The number of carbonyl (C=O) groups excluding carboxylic acids is 1. The van der Waals surface area contributed by atoms with Gasteiger partial charge in [-0.2, -0.15) is 0 Å². The van der Waals surface area contributed by atoms with E-state index in [0.717, 1.165) is 25.1 Å². The van der Waals surface area contributed by atoms with Gasteiger partial charge < -0.3 is 15.5 Å². The normalized spacial score (nSPS) is 15.4. The van der Waals surface area contributed by atoms with Gasteiger partial charge in [-0.3, -0.25) is 9.69 Å². The van der Waals surface area contributed by atoms with Gasteiger partial charge in [-0.25, -0.2) is 0 Å². The first-order chi connectivity index (χ1) is 12.0. The molecular weight excluding hydrogens is 316 g/mol. The quantitative estimate of drug-likeness (QED) is 0.777. The van der Waals surface area contributed by atoms with Gasteiger partial charge in [0.1, 0.15) is 5.75 Å². The maximum atomic E-state index is 12.2. The molecule has 1 amide bonds. The third-order valence-electron chi connectivity index (χ3n) is 4.50. The molecule has 0 radical (unpaired) electrons. The zero-order chi connectivity index (χ0) is 17.8. The van der Waals surface area contributed by atoms with E-state index in [-0.39, 0.29) is 18.2 Å². The molecule has 1 aliphatic heterocycles. The molecular formula is C20H24N2O3. The fourth-order valence-electron chi connectivity index (χ4n) is 3.28. The lowest BCUT2D eigenvalue weighted by Crippen LogP contribution is -2.42. The molecule has 1 heterocycles. The van der Waals surface area contributed by atoms with E-state index in [2.05, 4.69) is 28.4 Å². The molecule has 2 aromatic rings. The van der Waals surface area contributed by atoms with Crippen molar-refractivity contribution in [2.45, 2.75) is 26.0 Å². The number of phenolic OH excluding ortho intramolecular Hbond substituents is 1. The van der Waals surface area contributed by atoms with E-state index in [1.807, 2.05) is 13.0 Å². The van der Waals surface area contributed by atoms with Gasteiger partial charge in [0.05, 0.1) is 6.10 Å². The van der Waals surface area contributed by atoms with Crippen LogP contribution in [0.25, 0.3) is 0 Å². The summed E-state index contributed by atoms with van der Waals surface area (Å²) >= 11 is 0. The van der Waals surface area contributed by atoms with Gasteiger partial charge >= 0.3 is 0 Å². The first kappa shape index (κ1) is 17.5. The van der Waals surface area contributed by atoms with E-state index in [1.165, 1.54) is 17.2 Å². The van der Waals surface area contributed by atoms with Crippen molar-refractivity contribution in [1.29, 1.82) is 0 Å². The number of aryl methyl sites for hydroxylation is 1. The van der Waals surface area contributed by atoms with Crippen molar-refractivity contribution >= 4 is 5.91 Å². The largest absolute Gasteiger partial charge is 0.508 e. The van der Waals surface area contributed by atoms with Crippen molar-refractivity contribution in [2.24, 2.45) is 0 Å². The average molecular weight is 340 g/mol. The summed E-state index contributed by atoms with van der Waals surface area (Å²) in [6.07, 6.45) is 0.352. The van der Waals surface area contributed by atoms with E-state index < -0.39 is 6.10 Å². The summed E-state index contributed by atoms with van der Waals surface area (Å²) < 4.78 is 0. The second-order valence-corrected chi connectivity index (χ2v) is 6.67. The smallest absolute Gasteiger partial charge is 0.251 e. The van der Waals surface area contributed by atoms with E-state index in [9.17, 15) is 15.0 Å². The topological polar surface area (TPSA) is 72.8 Å². The zero-order valence-electron chi connectivity index (χ0n) is 14.4. The fraction of sp³-hybridized carbons (Fsp3) is 0.350. The second-order valence-electron chi connectivity index (χ2n) is 6.67. The van der Waals surface area contributed by atoms with Gasteiger partial charge in [-0.05, 0) is 48.2 Å². The number of amides is 1. The number of β-amino-alcohol motifs (C(OH)–C–C–N with tert-alkyl or cyclic N) is 1. The highest BCUT2D eigenvalue weighted by Gasteiger charge is 2.19. The number of benzene rings is 2. The van der Waals surface area contributed by atoms with Crippen molar-refractivity contribution in [3.05, 3.63) is 64.7 Å². The van der Waals surface area contributed by atoms with Crippen molar-refractivity contribution in [2.75, 3.05) is 19.6 Å². The van der Waals surface area contributed by atoms with Crippen molar-refractivity contribution in [1.82, 2.24) is 10.2 Å². The van der Waals surface area contributed by atoms with Gasteiger partial charge in [0.2, 0.25) is 0 Å². The number of hydrogen-bond donors (Lipinski definition) is 3. The van der Waals surface area contributed by atoms with Crippen LogP contribution in [0.15, 0.2) is 42.5 Å². The molecule has 0 saturated heterocycles. The molecule has 132 valence electrons. The maximum Gasteiger partial charge on any atom is 0.251 e. The van der Waals surface area contributed by atoms with Crippen LogP contribution in [0.3, 0.4) is 0 Å². The minimum atomic E-state index is -0.632. The molecule has 3 N–H and O–H groups in total. The highest BCUT2D eigenvalue weighted by Crippen LogP contribution is 2.18. The molecule has 25 heavy (non-hydrogen) atoms. The van der Waals surface area contributed by atoms with Gasteiger partial charge in [0.25, 0.3) is 5.91 Å². The van der Waals surface area contributed by atoms with Crippen LogP contribution in [0, 0.1) is 6.92 Å². The number of phenols is 1. The molecule has 3 rings (SSSR count). The van der Waals surface area contributed by atoms with Gasteiger partial charge in [-0.1, -0.05) is 24.3 Å². The molecule has 0 aromatic heterocycles. The van der Waals surface area contributed by atoms with Crippen LogP contribution < -0.4 is 5.32 Å². The maximum absolute atomic E-state index is 12.2. The van der Waals surface area contributed by atoms with Crippen LogP contribution in [-0.2, 0) is 13.0 Å². The molecule has 0 bridgehead atoms. The molecule has 5 nitrogen and oxygen atoms in total. The monoisotopic (exact) mass is 340 g/mol. The summed E-state index contributed by atoms with van der Waals surface area (Å²) in [4.78, 5) is 14.4. The number of fused-ring (bicyclic) bond motifs is 1. The number of aromatic hydroxyl groups is 1. The molecule has 5 heteroatoms. The summed E-state index contributed by atoms with van der Waals surface area (Å²) in [7, 11) is 0. The minimum absolute atomic E-state index is 0.0673.